The van der Waals surface area contributed by atoms with Crippen LogP contribution in [-0.4, -0.2) is 100 Å². The smallest absolute Gasteiger partial charge is 0.408 e. The van der Waals surface area contributed by atoms with Gasteiger partial charge in [-0.1, -0.05) is 42.5 Å². The Morgan fingerprint density at radius 3 is 2.32 bits per heavy atom. The molecule has 0 aliphatic carbocycles. The largest absolute Gasteiger partial charge is 0.457 e. The quantitative estimate of drug-likeness (QED) is 0.116. The van der Waals surface area contributed by atoms with E-state index in [1.807, 2.05) is 85.0 Å². The Morgan fingerprint density at radius 1 is 0.960 bits per heavy atom. The molecule has 1 aliphatic rings. The van der Waals surface area contributed by atoms with Crippen LogP contribution < -0.4 is 10.1 Å². The number of ether oxygens (including phenoxy) is 3. The minimum absolute atomic E-state index is 0.113. The van der Waals surface area contributed by atoms with Gasteiger partial charge in [-0.3, -0.25) is 9.69 Å². The van der Waals surface area contributed by atoms with Crippen molar-refractivity contribution in [1.29, 1.82) is 0 Å². The minimum atomic E-state index is -0.773. The summed E-state index contributed by atoms with van der Waals surface area (Å²) in [5.74, 6) is 2.31. The van der Waals surface area contributed by atoms with Gasteiger partial charge in [-0.05, 0) is 91.5 Å². The molecule has 1 N–H and O–H groups in total. The van der Waals surface area contributed by atoms with Gasteiger partial charge in [0.15, 0.2) is 0 Å². The van der Waals surface area contributed by atoms with Crippen molar-refractivity contribution in [2.75, 3.05) is 57.3 Å². The van der Waals surface area contributed by atoms with Crippen molar-refractivity contribution in [1.82, 2.24) is 24.7 Å². The van der Waals surface area contributed by atoms with Crippen molar-refractivity contribution in [3.05, 3.63) is 87.8 Å². The van der Waals surface area contributed by atoms with Gasteiger partial charge in [-0.25, -0.2) is 19.8 Å². The Hall–Kier alpha value is -3.33. The second kappa shape index (κ2) is 16.8. The van der Waals surface area contributed by atoms with E-state index < -0.39 is 27.8 Å². The third kappa shape index (κ3) is 11.1. The number of halogens is 1. The standard InChI is InChI=1S/C38H50IN5O5S/c1-38(2,3)49-37(46)41-32(36(45)43-20-18-42(19-21-43)25-29-10-8-7-9-11-29)24-28-12-14-30(15-13-28)48-33-16-17-40-35-34(33)31(39)26-44(35)27-47-22-23-50(4,5)6/h7-17,26,32H,18-25,27H2,1-6H3,(H,41,46)/t32-/m0/s1. The van der Waals surface area contributed by atoms with Crippen LogP contribution in [0, 0.1) is 3.57 Å². The summed E-state index contributed by atoms with van der Waals surface area (Å²) in [6, 6.07) is 19.1. The average molecular weight is 816 g/mol. The fraction of sp³-hybridized carbons (Fsp3) is 0.447. The van der Waals surface area contributed by atoms with Crippen LogP contribution in [0.4, 0.5) is 4.79 Å². The van der Waals surface area contributed by atoms with Crippen LogP contribution in [0.25, 0.3) is 11.0 Å². The van der Waals surface area contributed by atoms with E-state index in [2.05, 4.69) is 68.7 Å². The van der Waals surface area contributed by atoms with Gasteiger partial charge in [0.25, 0.3) is 0 Å². The highest BCUT2D eigenvalue weighted by atomic mass is 127. The Bertz CT molecular complexity index is 1730. The fourth-order valence-electron chi connectivity index (χ4n) is 5.69. The molecule has 3 heterocycles. The van der Waals surface area contributed by atoms with Gasteiger partial charge >= 0.3 is 6.09 Å². The number of amides is 2. The lowest BCUT2D eigenvalue weighted by Crippen LogP contribution is -2.55. The lowest BCUT2D eigenvalue weighted by Gasteiger charge is -2.36. The molecule has 0 spiro atoms. The number of nitrogens with zero attached hydrogens (tertiary/aromatic N) is 4. The van der Waals surface area contributed by atoms with Crippen LogP contribution in [0.5, 0.6) is 11.5 Å². The number of rotatable bonds is 13. The van der Waals surface area contributed by atoms with Gasteiger partial charge < -0.3 is 29.0 Å². The van der Waals surface area contributed by atoms with Crippen LogP contribution in [0.1, 0.15) is 31.9 Å². The number of pyridine rings is 1. The number of hydrogen-bond donors (Lipinski definition) is 1. The molecule has 2 aromatic carbocycles. The highest BCUT2D eigenvalue weighted by Crippen LogP contribution is 2.35. The van der Waals surface area contributed by atoms with E-state index in [1.165, 1.54) is 5.56 Å². The Labute approximate surface area is 311 Å². The highest BCUT2D eigenvalue weighted by Gasteiger charge is 2.30. The second-order valence-electron chi connectivity index (χ2n) is 14.5. The average Bonchev–Trinajstić information content (AvgIpc) is 3.38. The maximum Gasteiger partial charge on any atom is 0.408 e. The van der Waals surface area contributed by atoms with Crippen molar-refractivity contribution >= 4 is 55.7 Å². The zero-order valence-corrected chi connectivity index (χ0v) is 33.0. The molecule has 12 heteroatoms. The number of nitrogens with one attached hydrogen (secondary N) is 1. The van der Waals surface area contributed by atoms with Crippen LogP contribution in [0.15, 0.2) is 73.1 Å². The normalized spacial score (nSPS) is 15.1. The molecule has 2 aromatic heterocycles. The number of piperazine rings is 1. The molecule has 1 fully saturated rings. The van der Waals surface area contributed by atoms with Crippen molar-refractivity contribution < 1.29 is 23.8 Å². The summed E-state index contributed by atoms with van der Waals surface area (Å²) in [5.41, 5.74) is 2.27. The second-order valence-corrected chi connectivity index (χ2v) is 20.3. The van der Waals surface area contributed by atoms with E-state index in [0.717, 1.165) is 45.6 Å². The molecule has 0 bridgehead atoms. The van der Waals surface area contributed by atoms with Crippen molar-refractivity contribution in [2.24, 2.45) is 0 Å². The molecule has 1 atom stereocenters. The van der Waals surface area contributed by atoms with E-state index in [1.54, 1.807) is 6.20 Å². The van der Waals surface area contributed by atoms with Crippen molar-refractivity contribution in [3.63, 3.8) is 0 Å². The van der Waals surface area contributed by atoms with E-state index in [9.17, 15) is 9.59 Å². The zero-order chi connectivity index (χ0) is 35.9. The molecular weight excluding hydrogens is 765 g/mol. The molecule has 2 amide bonds. The Kier molecular flexibility index (Phi) is 12.7. The maximum absolute atomic E-state index is 13.9. The van der Waals surface area contributed by atoms with Gasteiger partial charge in [0.2, 0.25) is 5.91 Å². The zero-order valence-electron chi connectivity index (χ0n) is 30.0. The van der Waals surface area contributed by atoms with Gasteiger partial charge in [-0.2, -0.15) is 0 Å². The monoisotopic (exact) mass is 815 g/mol. The molecule has 50 heavy (non-hydrogen) atoms. The number of fused-ring (bicyclic) bond motifs is 1. The third-order valence-corrected chi connectivity index (χ3v) is 10.5. The van der Waals surface area contributed by atoms with Gasteiger partial charge in [0.1, 0.15) is 35.5 Å². The number of benzene rings is 2. The first kappa shape index (κ1) is 37.9. The molecule has 0 radical (unpaired) electrons. The number of carbonyl (C=O) groups excluding carboxylic acids is 2. The van der Waals surface area contributed by atoms with Crippen molar-refractivity contribution in [2.45, 2.75) is 52.1 Å². The van der Waals surface area contributed by atoms with Gasteiger partial charge in [0.05, 0.1) is 12.0 Å². The summed E-state index contributed by atoms with van der Waals surface area (Å²) in [6.07, 6.45) is 10.4. The molecule has 0 saturated carbocycles. The van der Waals surface area contributed by atoms with Crippen LogP contribution in [0.2, 0.25) is 0 Å². The Balaban J connectivity index is 1.24. The number of alkyl carbamates (subject to hydrolysis) is 1. The van der Waals surface area contributed by atoms with Crippen LogP contribution in [-0.2, 0) is 34.0 Å². The summed E-state index contributed by atoms with van der Waals surface area (Å²) >= 11 is 2.31. The molecule has 10 nitrogen and oxygen atoms in total. The third-order valence-electron chi connectivity index (χ3n) is 8.26. The summed E-state index contributed by atoms with van der Waals surface area (Å²) in [5, 5.41) is 3.79. The van der Waals surface area contributed by atoms with E-state index in [-0.39, 0.29) is 5.91 Å². The summed E-state index contributed by atoms with van der Waals surface area (Å²) < 4.78 is 20.9. The molecule has 0 unspecified atom stereocenters. The summed E-state index contributed by atoms with van der Waals surface area (Å²) in [4.78, 5) is 35.5. The van der Waals surface area contributed by atoms with Gasteiger partial charge in [0, 0.05) is 60.9 Å². The maximum atomic E-state index is 13.9. The Morgan fingerprint density at radius 2 is 1.66 bits per heavy atom. The SMILES string of the molecule is CC(C)(C)OC(=O)N[C@@H](Cc1ccc(Oc2ccnc3c2c(I)cn3COCCS(C)(C)C)cc1)C(=O)N1CCN(Cc2ccccc2)CC1. The number of hydrogen-bond acceptors (Lipinski definition) is 7. The van der Waals surface area contributed by atoms with E-state index >= 15 is 0 Å². The number of aromatic nitrogens is 2. The van der Waals surface area contributed by atoms with Crippen molar-refractivity contribution in [3.8, 4) is 11.5 Å². The molecule has 4 aromatic rings. The highest BCUT2D eigenvalue weighted by molar-refractivity contribution is 14.1. The topological polar surface area (TPSA) is 98.2 Å². The lowest BCUT2D eigenvalue weighted by atomic mass is 10.0. The summed E-state index contributed by atoms with van der Waals surface area (Å²) in [6.45, 7) is 10.1. The first-order chi connectivity index (χ1) is 23.7. The fourth-order valence-corrected chi connectivity index (χ4v) is 7.15. The molecule has 1 saturated heterocycles. The molecular formula is C38H50IN5O5S. The van der Waals surface area contributed by atoms with Crippen LogP contribution >= 0.6 is 32.6 Å². The predicted molar refractivity (Wildman–Crippen MR) is 210 cm³/mol. The lowest BCUT2D eigenvalue weighted by molar-refractivity contribution is -0.135. The van der Waals surface area contributed by atoms with E-state index in [0.29, 0.717) is 44.3 Å². The molecule has 5 rings (SSSR count). The van der Waals surface area contributed by atoms with Crippen LogP contribution in [0.3, 0.4) is 0 Å². The first-order valence-electron chi connectivity index (χ1n) is 16.9. The summed E-state index contributed by atoms with van der Waals surface area (Å²) in [7, 11) is -0.616. The number of carbonyl (C=O) groups is 2. The molecule has 1 aliphatic heterocycles. The molecule has 270 valence electrons. The minimum Gasteiger partial charge on any atom is -0.457 e. The van der Waals surface area contributed by atoms with E-state index in [4.69, 9.17) is 14.2 Å². The first-order valence-corrected chi connectivity index (χ1v) is 21.0. The van der Waals surface area contributed by atoms with Gasteiger partial charge in [-0.15, -0.1) is 0 Å². The predicted octanol–water partition coefficient (Wildman–Crippen LogP) is 6.88.